The van der Waals surface area contributed by atoms with Crippen molar-refractivity contribution in [1.29, 1.82) is 0 Å². The summed E-state index contributed by atoms with van der Waals surface area (Å²) in [4.78, 5) is 58.3. The van der Waals surface area contributed by atoms with E-state index >= 15 is 4.39 Å². The van der Waals surface area contributed by atoms with Gasteiger partial charge in [-0.15, -0.1) is 0 Å². The van der Waals surface area contributed by atoms with Crippen molar-refractivity contribution in [3.8, 4) is 0 Å². The molecule has 2 bridgehead atoms. The van der Waals surface area contributed by atoms with E-state index in [1.807, 2.05) is 0 Å². The van der Waals surface area contributed by atoms with Gasteiger partial charge < -0.3 is 39.1 Å². The molecule has 1 aliphatic carbocycles. The molecule has 2 unspecified atom stereocenters. The van der Waals surface area contributed by atoms with Crippen LogP contribution in [0.3, 0.4) is 0 Å². The molecule has 0 spiro atoms. The molecule has 19 nitrogen and oxygen atoms in total. The number of nitrogens with two attached hydrogens (primary N) is 1. The van der Waals surface area contributed by atoms with E-state index in [0.29, 0.717) is 17.6 Å². The van der Waals surface area contributed by atoms with Crippen LogP contribution >= 0.6 is 14.3 Å². The topological polar surface area (TPSA) is 241 Å². The van der Waals surface area contributed by atoms with Crippen LogP contribution in [0.2, 0.25) is 0 Å². The second kappa shape index (κ2) is 11.4. The molecule has 2 aliphatic heterocycles. The molecule has 9 atom stereocenters. The van der Waals surface area contributed by atoms with Crippen molar-refractivity contribution in [3.05, 3.63) is 41.7 Å². The van der Waals surface area contributed by atoms with Crippen LogP contribution in [0.25, 0.3) is 28.1 Å². The normalized spacial score (nSPS) is 35.4. The number of nitrogens with one attached hydrogen (secondary N) is 1. The Kier molecular flexibility index (Phi) is 7.56. The molecule has 0 amide bonds. The van der Waals surface area contributed by atoms with Gasteiger partial charge in [-0.05, 0) is 24.1 Å². The summed E-state index contributed by atoms with van der Waals surface area (Å²) in [5.41, 5.74) is 6.53. The maximum Gasteiger partial charge on any atom is 0.472 e. The number of H-pyrrole nitrogens is 1. The molecule has 5 aromatic rings. The van der Waals surface area contributed by atoms with Crippen LogP contribution in [0.1, 0.15) is 18.7 Å². The number of aromatic nitrogens is 9. The van der Waals surface area contributed by atoms with Gasteiger partial charge in [0, 0.05) is 24.4 Å². The van der Waals surface area contributed by atoms with Crippen LogP contribution in [0.4, 0.5) is 10.2 Å². The fourth-order valence-electron chi connectivity index (χ4n) is 6.31. The molecule has 23 heteroatoms. The summed E-state index contributed by atoms with van der Waals surface area (Å²) in [6, 6.07) is -0.290. The second-order valence-corrected chi connectivity index (χ2v) is 16.4. The minimum absolute atomic E-state index is 0.0203. The quantitative estimate of drug-likeness (QED) is 0.187. The summed E-state index contributed by atoms with van der Waals surface area (Å²) in [6.07, 6.45) is 0.919. The average molecular weight is 713 g/mol. The number of nitrogen functional groups attached to an aromatic ring is 1. The Hall–Kier alpha value is -3.23. The third-order valence-corrected chi connectivity index (χ3v) is 11.4. The van der Waals surface area contributed by atoms with E-state index in [4.69, 9.17) is 40.6 Å². The van der Waals surface area contributed by atoms with Crippen molar-refractivity contribution in [2.24, 2.45) is 11.8 Å². The molecule has 3 aliphatic rings. The highest BCUT2D eigenvalue weighted by atomic mass is 32.5. The minimum atomic E-state index is -4.73. The van der Waals surface area contributed by atoms with Gasteiger partial charge in [-0.1, -0.05) is 0 Å². The number of hydrogen-bond donors (Lipinski definition) is 4. The summed E-state index contributed by atoms with van der Waals surface area (Å²) in [7, 11) is -4.73. The molecule has 250 valence electrons. The largest absolute Gasteiger partial charge is 0.472 e. The number of nitrogens with zero attached hydrogens (tertiary/aromatic N) is 8. The smallest absolute Gasteiger partial charge is 0.382 e. The number of fused-ring (bicyclic) bond motifs is 6. The van der Waals surface area contributed by atoms with Crippen LogP contribution in [0, 0.1) is 11.8 Å². The van der Waals surface area contributed by atoms with Crippen LogP contribution in [-0.2, 0) is 39.4 Å². The maximum absolute atomic E-state index is 16.0. The van der Waals surface area contributed by atoms with Gasteiger partial charge in [-0.2, -0.15) is 0 Å². The van der Waals surface area contributed by atoms with E-state index in [2.05, 4.69) is 29.9 Å². The molecule has 7 heterocycles. The van der Waals surface area contributed by atoms with Gasteiger partial charge in [0.1, 0.15) is 36.0 Å². The molecule has 0 aromatic carbocycles. The van der Waals surface area contributed by atoms with Crippen LogP contribution in [0.15, 0.2) is 36.2 Å². The van der Waals surface area contributed by atoms with E-state index in [-0.39, 0.29) is 47.9 Å². The van der Waals surface area contributed by atoms with Crippen LogP contribution in [0.5, 0.6) is 0 Å². The first-order valence-corrected chi connectivity index (χ1v) is 18.7. The SMILES string of the molecule is Nc1ncnc2c1ncn2[C@@H]1C[C@@H]2COP(O)(=S)CO[C@@H]3[C@H](F)[C@@H](COP(=O)(O)OC[C@H]21)O[C@H]3n1cnc2c(=O)n3ccnc3[nH]c21. The third-order valence-electron chi connectivity index (χ3n) is 8.77. The fourth-order valence-corrected chi connectivity index (χ4v) is 8.30. The number of hydrogen-bond acceptors (Lipinski definition) is 14. The van der Waals surface area contributed by atoms with Crippen molar-refractivity contribution in [2.75, 3.05) is 31.9 Å². The van der Waals surface area contributed by atoms with Gasteiger partial charge in [0.15, 0.2) is 29.4 Å². The summed E-state index contributed by atoms with van der Waals surface area (Å²) in [6.45, 7) is -4.63. The lowest BCUT2D eigenvalue weighted by atomic mass is 9.70. The number of halogens is 1. The maximum atomic E-state index is 16.0. The lowest BCUT2D eigenvalue weighted by molar-refractivity contribution is -0.0657. The highest BCUT2D eigenvalue weighted by Crippen LogP contribution is 2.53. The Morgan fingerprint density at radius 3 is 2.68 bits per heavy atom. The Morgan fingerprint density at radius 2 is 1.83 bits per heavy atom. The van der Waals surface area contributed by atoms with Crippen LogP contribution < -0.4 is 11.3 Å². The number of phosphoric acid groups is 1. The first-order valence-electron chi connectivity index (χ1n) is 14.3. The van der Waals surface area contributed by atoms with Gasteiger partial charge in [0.05, 0.1) is 32.5 Å². The summed E-state index contributed by atoms with van der Waals surface area (Å²) >= 11 is 5.37. The third kappa shape index (κ3) is 5.40. The zero-order chi connectivity index (χ0) is 32.7. The molecule has 5 N–H and O–H groups in total. The fraction of sp³-hybridized carbons (Fsp3) is 0.500. The van der Waals surface area contributed by atoms with E-state index in [0.717, 1.165) is 0 Å². The number of phosphoric ester groups is 1. The highest BCUT2D eigenvalue weighted by Gasteiger charge is 2.50. The van der Waals surface area contributed by atoms with Gasteiger partial charge >= 0.3 is 7.82 Å². The first kappa shape index (κ1) is 31.1. The summed E-state index contributed by atoms with van der Waals surface area (Å²) < 4.78 is 61.5. The van der Waals surface area contributed by atoms with Crippen molar-refractivity contribution in [1.82, 2.24) is 43.4 Å². The van der Waals surface area contributed by atoms with E-state index in [1.54, 1.807) is 10.9 Å². The Bertz CT molecular complexity index is 2160. The van der Waals surface area contributed by atoms with Crippen LogP contribution in [-0.4, -0.2) is 97.8 Å². The lowest BCUT2D eigenvalue weighted by Crippen LogP contribution is -2.43. The van der Waals surface area contributed by atoms with Gasteiger partial charge in [0.25, 0.3) is 5.56 Å². The predicted molar refractivity (Wildman–Crippen MR) is 162 cm³/mol. The zero-order valence-corrected chi connectivity index (χ0v) is 26.7. The average Bonchev–Trinajstić information content (AvgIpc) is 3.81. The van der Waals surface area contributed by atoms with Crippen molar-refractivity contribution in [2.45, 2.75) is 37.1 Å². The highest BCUT2D eigenvalue weighted by molar-refractivity contribution is 8.09. The number of rotatable bonds is 2. The number of anilines is 1. The molecule has 1 saturated carbocycles. The van der Waals surface area contributed by atoms with Crippen molar-refractivity contribution < 1.29 is 41.8 Å². The summed E-state index contributed by atoms with van der Waals surface area (Å²) in [5, 5.41) is 0. The first-order chi connectivity index (χ1) is 22.5. The van der Waals surface area contributed by atoms with E-state index < -0.39 is 63.4 Å². The standard InChI is InChI=1S/C24H27FN10O9P2S/c25-15-14-6-43-46(38,39)42-5-12-11(3-13(12)34-8-30-16-19(26)28-7-29-20(16)34)4-41-45(37,47)10-40-18(15)23(44-14)35-9-31-17-21(35)32-24-27-1-2-33(24)22(17)36/h1-2,7-9,11-15,18,23H,3-6,10H2,(H,27,32)(H,37,47)(H,38,39)(H2,26,28,29)/t11-,12-,13-,14-,15-,18-,23-,45?/m1/s1. The molecule has 8 rings (SSSR count). The van der Waals surface area contributed by atoms with Gasteiger partial charge in [-0.3, -0.25) is 18.4 Å². The second-order valence-electron chi connectivity index (χ2n) is 11.5. The van der Waals surface area contributed by atoms with Crippen molar-refractivity contribution >= 4 is 60.0 Å². The van der Waals surface area contributed by atoms with Gasteiger partial charge in [-0.25, -0.2) is 38.3 Å². The molecule has 5 aromatic heterocycles. The molecule has 47 heavy (non-hydrogen) atoms. The molecule has 3 fully saturated rings. The zero-order valence-electron chi connectivity index (χ0n) is 24.1. The Balaban J connectivity index is 1.07. The summed E-state index contributed by atoms with van der Waals surface area (Å²) in [5.74, 6) is -0.279. The molecular formula is C24H27FN10O9P2S. The molecular weight excluding hydrogens is 685 g/mol. The predicted octanol–water partition coefficient (Wildman–Crippen LogP) is 1.02. The Labute approximate surface area is 267 Å². The lowest BCUT2D eigenvalue weighted by Gasteiger charge is -2.45. The minimum Gasteiger partial charge on any atom is -0.382 e. The number of imidazole rings is 3. The van der Waals surface area contributed by atoms with E-state index in [1.165, 1.54) is 34.0 Å². The molecule has 0 radical (unpaired) electrons. The monoisotopic (exact) mass is 712 g/mol. The number of ether oxygens (including phenoxy) is 2. The Morgan fingerprint density at radius 1 is 1.04 bits per heavy atom. The number of alkyl halides is 1. The molecule has 2 saturated heterocycles. The van der Waals surface area contributed by atoms with Crippen molar-refractivity contribution in [3.63, 3.8) is 0 Å². The number of aromatic amines is 1. The van der Waals surface area contributed by atoms with E-state index in [9.17, 15) is 19.1 Å². The van der Waals surface area contributed by atoms with Gasteiger partial charge in [0.2, 0.25) is 12.3 Å².